The van der Waals surface area contributed by atoms with Gasteiger partial charge in [0.05, 0.1) is 12.5 Å². The van der Waals surface area contributed by atoms with Gasteiger partial charge in [-0.15, -0.1) is 0 Å². The predicted octanol–water partition coefficient (Wildman–Crippen LogP) is 1.43. The maximum atomic E-state index is 11.9. The molecule has 0 bridgehead atoms. The molecule has 0 aliphatic carbocycles. The number of hydrogen-bond donors (Lipinski definition) is 1. The third kappa shape index (κ3) is 2.74. The van der Waals surface area contributed by atoms with Crippen molar-refractivity contribution in [2.24, 2.45) is 0 Å². The summed E-state index contributed by atoms with van der Waals surface area (Å²) in [4.78, 5) is 13.7. The Morgan fingerprint density at radius 3 is 2.88 bits per heavy atom. The van der Waals surface area contributed by atoms with E-state index in [1.165, 1.54) is 0 Å². The number of aliphatic hydroxyl groups excluding tert-OH is 1. The molecule has 1 fully saturated rings. The largest absolute Gasteiger partial charge is 0.391 e. The van der Waals surface area contributed by atoms with Gasteiger partial charge >= 0.3 is 0 Å². The SMILES string of the molecule is O=C(Cc1ccccc1I)N1CC[C@@H](O)C1. The molecule has 0 spiro atoms. The molecule has 0 unspecified atom stereocenters. The number of halogens is 1. The molecule has 1 atom stereocenters. The van der Waals surface area contributed by atoms with Crippen LogP contribution in [0, 0.1) is 3.57 Å². The predicted molar refractivity (Wildman–Crippen MR) is 70.1 cm³/mol. The molecule has 1 aromatic rings. The van der Waals surface area contributed by atoms with E-state index in [0.717, 1.165) is 9.13 Å². The normalized spacial score (nSPS) is 20.1. The second-order valence-electron chi connectivity index (χ2n) is 4.05. The standard InChI is InChI=1S/C12H14INO2/c13-11-4-2-1-3-9(11)7-12(16)14-6-5-10(15)8-14/h1-4,10,15H,5-8H2/t10-/m1/s1. The number of hydrogen-bond acceptors (Lipinski definition) is 2. The number of nitrogens with zero attached hydrogens (tertiary/aromatic N) is 1. The molecule has 4 heteroatoms. The molecule has 3 nitrogen and oxygen atoms in total. The summed E-state index contributed by atoms with van der Waals surface area (Å²) in [5.41, 5.74) is 1.06. The fourth-order valence-electron chi connectivity index (χ4n) is 1.88. The average Bonchev–Trinajstić information content (AvgIpc) is 2.68. The highest BCUT2D eigenvalue weighted by molar-refractivity contribution is 14.1. The number of amides is 1. The van der Waals surface area contributed by atoms with Gasteiger partial charge in [-0.2, -0.15) is 0 Å². The average molecular weight is 331 g/mol. The van der Waals surface area contributed by atoms with Crippen molar-refractivity contribution in [2.75, 3.05) is 13.1 Å². The Bertz CT molecular complexity index is 394. The van der Waals surface area contributed by atoms with E-state index in [-0.39, 0.29) is 12.0 Å². The third-order valence-electron chi connectivity index (χ3n) is 2.82. The Labute approximate surface area is 109 Å². The van der Waals surface area contributed by atoms with E-state index < -0.39 is 0 Å². The van der Waals surface area contributed by atoms with Crippen LogP contribution in [-0.4, -0.2) is 35.1 Å². The smallest absolute Gasteiger partial charge is 0.227 e. The molecule has 0 radical (unpaired) electrons. The summed E-state index contributed by atoms with van der Waals surface area (Å²) in [7, 11) is 0. The Morgan fingerprint density at radius 2 is 2.25 bits per heavy atom. The topological polar surface area (TPSA) is 40.5 Å². The van der Waals surface area contributed by atoms with Crippen LogP contribution in [-0.2, 0) is 11.2 Å². The molecule has 1 amide bonds. The first kappa shape index (κ1) is 11.9. The van der Waals surface area contributed by atoms with Gasteiger partial charge in [0, 0.05) is 16.7 Å². The van der Waals surface area contributed by atoms with Crippen LogP contribution in [0.2, 0.25) is 0 Å². The van der Waals surface area contributed by atoms with Crippen LogP contribution >= 0.6 is 22.6 Å². The van der Waals surface area contributed by atoms with Crippen molar-refractivity contribution in [3.8, 4) is 0 Å². The third-order valence-corrected chi connectivity index (χ3v) is 3.87. The molecule has 0 aromatic heterocycles. The lowest BCUT2D eigenvalue weighted by Gasteiger charge is -2.15. The lowest BCUT2D eigenvalue weighted by molar-refractivity contribution is -0.129. The number of carbonyl (C=O) groups is 1. The minimum Gasteiger partial charge on any atom is -0.391 e. The zero-order valence-corrected chi connectivity index (χ0v) is 11.1. The van der Waals surface area contributed by atoms with Crippen LogP contribution in [0.4, 0.5) is 0 Å². The lowest BCUT2D eigenvalue weighted by atomic mass is 10.1. The van der Waals surface area contributed by atoms with Gasteiger partial charge in [0.2, 0.25) is 5.91 Å². The van der Waals surface area contributed by atoms with E-state index in [2.05, 4.69) is 22.6 Å². The van der Waals surface area contributed by atoms with E-state index in [4.69, 9.17) is 0 Å². The number of aliphatic hydroxyl groups is 1. The Hall–Kier alpha value is -0.620. The molecule has 86 valence electrons. The molecule has 0 saturated carbocycles. The number of rotatable bonds is 2. The molecule has 16 heavy (non-hydrogen) atoms. The number of β-amino-alcohol motifs (C(OH)–C–C–N with tert-alkyl or cyclic N) is 1. The minimum atomic E-state index is -0.334. The van der Waals surface area contributed by atoms with E-state index >= 15 is 0 Å². The molecule has 1 aromatic carbocycles. The summed E-state index contributed by atoms with van der Waals surface area (Å²) in [6.07, 6.45) is 0.808. The second kappa shape index (κ2) is 5.14. The van der Waals surface area contributed by atoms with Crippen molar-refractivity contribution in [1.82, 2.24) is 4.90 Å². The van der Waals surface area contributed by atoms with Crippen LogP contribution in [0.25, 0.3) is 0 Å². The van der Waals surface area contributed by atoms with Crippen molar-refractivity contribution in [3.63, 3.8) is 0 Å². The molecule has 1 aliphatic rings. The van der Waals surface area contributed by atoms with Gasteiger partial charge < -0.3 is 10.0 Å². The minimum absolute atomic E-state index is 0.112. The fraction of sp³-hybridized carbons (Fsp3) is 0.417. The quantitative estimate of drug-likeness (QED) is 0.833. The highest BCUT2D eigenvalue weighted by Gasteiger charge is 2.24. The summed E-state index contributed by atoms with van der Waals surface area (Å²) >= 11 is 2.24. The van der Waals surface area contributed by atoms with Crippen molar-refractivity contribution < 1.29 is 9.90 Å². The maximum absolute atomic E-state index is 11.9. The molecule has 2 rings (SSSR count). The zero-order chi connectivity index (χ0) is 11.5. The Balaban J connectivity index is 2.00. The zero-order valence-electron chi connectivity index (χ0n) is 8.90. The van der Waals surface area contributed by atoms with Crippen molar-refractivity contribution in [2.45, 2.75) is 18.9 Å². The molecule has 1 saturated heterocycles. The van der Waals surface area contributed by atoms with E-state index in [1.807, 2.05) is 24.3 Å². The van der Waals surface area contributed by atoms with Crippen molar-refractivity contribution >= 4 is 28.5 Å². The van der Waals surface area contributed by atoms with E-state index in [0.29, 0.717) is 25.9 Å². The highest BCUT2D eigenvalue weighted by atomic mass is 127. The summed E-state index contributed by atoms with van der Waals surface area (Å²) < 4.78 is 1.12. The first-order valence-electron chi connectivity index (χ1n) is 5.36. The van der Waals surface area contributed by atoms with Crippen molar-refractivity contribution in [1.29, 1.82) is 0 Å². The molecular weight excluding hydrogens is 317 g/mol. The highest BCUT2D eigenvalue weighted by Crippen LogP contribution is 2.15. The second-order valence-corrected chi connectivity index (χ2v) is 5.21. The van der Waals surface area contributed by atoms with Crippen molar-refractivity contribution in [3.05, 3.63) is 33.4 Å². The summed E-state index contributed by atoms with van der Waals surface area (Å²) in [6.45, 7) is 1.17. The number of benzene rings is 1. The molecule has 1 N–H and O–H groups in total. The summed E-state index contributed by atoms with van der Waals surface area (Å²) in [6, 6.07) is 7.90. The van der Waals surface area contributed by atoms with Gasteiger partial charge in [0.15, 0.2) is 0 Å². The van der Waals surface area contributed by atoms with Crippen LogP contribution in [0.1, 0.15) is 12.0 Å². The van der Waals surface area contributed by atoms with Gasteiger partial charge in [-0.3, -0.25) is 4.79 Å². The van der Waals surface area contributed by atoms with Crippen LogP contribution in [0.5, 0.6) is 0 Å². The Morgan fingerprint density at radius 1 is 1.50 bits per heavy atom. The molecule has 1 aliphatic heterocycles. The van der Waals surface area contributed by atoms with Crippen LogP contribution in [0.3, 0.4) is 0 Å². The van der Waals surface area contributed by atoms with Gasteiger partial charge in [0.25, 0.3) is 0 Å². The Kier molecular flexibility index (Phi) is 3.81. The first-order valence-corrected chi connectivity index (χ1v) is 6.44. The van der Waals surface area contributed by atoms with Gasteiger partial charge in [-0.05, 0) is 40.6 Å². The van der Waals surface area contributed by atoms with E-state index in [1.54, 1.807) is 4.90 Å². The summed E-state index contributed by atoms with van der Waals surface area (Å²) in [5, 5.41) is 9.37. The first-order chi connectivity index (χ1) is 7.66. The number of carbonyl (C=O) groups excluding carboxylic acids is 1. The molecule has 1 heterocycles. The van der Waals surface area contributed by atoms with Gasteiger partial charge in [-0.25, -0.2) is 0 Å². The maximum Gasteiger partial charge on any atom is 0.227 e. The number of likely N-dealkylation sites (tertiary alicyclic amines) is 1. The summed E-state index contributed by atoms with van der Waals surface area (Å²) in [5.74, 6) is 0.112. The fourth-order valence-corrected chi connectivity index (χ4v) is 2.46. The van der Waals surface area contributed by atoms with Crippen LogP contribution in [0.15, 0.2) is 24.3 Å². The monoisotopic (exact) mass is 331 g/mol. The lowest BCUT2D eigenvalue weighted by Crippen LogP contribution is -2.31. The molecular formula is C12H14INO2. The van der Waals surface area contributed by atoms with Gasteiger partial charge in [0.1, 0.15) is 0 Å². The van der Waals surface area contributed by atoms with E-state index in [9.17, 15) is 9.90 Å². The van der Waals surface area contributed by atoms with Gasteiger partial charge in [-0.1, -0.05) is 18.2 Å². The van der Waals surface area contributed by atoms with Crippen LogP contribution < -0.4 is 0 Å².